The first-order chi connectivity index (χ1) is 11.3. The lowest BCUT2D eigenvalue weighted by Crippen LogP contribution is -2.16. The molecule has 0 radical (unpaired) electrons. The zero-order valence-electron chi connectivity index (χ0n) is 12.3. The van der Waals surface area contributed by atoms with Crippen molar-refractivity contribution in [1.82, 2.24) is 9.97 Å². The van der Waals surface area contributed by atoms with Gasteiger partial charge in [0.15, 0.2) is 0 Å². The molecule has 0 spiro atoms. The quantitative estimate of drug-likeness (QED) is 0.801. The molecule has 0 bridgehead atoms. The van der Waals surface area contributed by atoms with Gasteiger partial charge in [-0.3, -0.25) is 10.1 Å². The van der Waals surface area contributed by atoms with E-state index in [0.29, 0.717) is 5.95 Å². The first kappa shape index (κ1) is 13.7. The highest BCUT2D eigenvalue weighted by molar-refractivity contribution is 5.93. The van der Waals surface area contributed by atoms with Crippen molar-refractivity contribution in [1.29, 1.82) is 0 Å². The summed E-state index contributed by atoms with van der Waals surface area (Å²) in [6, 6.07) is 13.6. The van der Waals surface area contributed by atoms with Crippen LogP contribution in [0, 0.1) is 5.92 Å². The van der Waals surface area contributed by atoms with Crippen molar-refractivity contribution in [2.75, 3.05) is 5.32 Å². The van der Waals surface area contributed by atoms with Crippen LogP contribution in [-0.4, -0.2) is 15.9 Å². The van der Waals surface area contributed by atoms with Crippen LogP contribution in [0.5, 0.6) is 0 Å². The second kappa shape index (κ2) is 5.68. The van der Waals surface area contributed by atoms with Crippen molar-refractivity contribution in [3.63, 3.8) is 0 Å². The molecule has 23 heavy (non-hydrogen) atoms. The molecule has 1 saturated carbocycles. The van der Waals surface area contributed by atoms with E-state index in [4.69, 9.17) is 4.42 Å². The summed E-state index contributed by atoms with van der Waals surface area (Å²) < 4.78 is 5.34. The van der Waals surface area contributed by atoms with Crippen molar-refractivity contribution in [3.05, 3.63) is 66.9 Å². The molecule has 1 aromatic carbocycles. The van der Waals surface area contributed by atoms with Crippen molar-refractivity contribution in [2.45, 2.75) is 12.3 Å². The monoisotopic (exact) mass is 305 g/mol. The summed E-state index contributed by atoms with van der Waals surface area (Å²) >= 11 is 0. The highest BCUT2D eigenvalue weighted by Crippen LogP contribution is 2.48. The number of carbonyl (C=O) groups excluding carboxylic acids is 1. The van der Waals surface area contributed by atoms with Crippen LogP contribution in [0.1, 0.15) is 18.1 Å². The number of aromatic nitrogens is 2. The van der Waals surface area contributed by atoms with Gasteiger partial charge in [-0.2, -0.15) is 0 Å². The molecule has 2 atom stereocenters. The van der Waals surface area contributed by atoms with Gasteiger partial charge in [0, 0.05) is 29.8 Å². The second-order valence-electron chi connectivity index (χ2n) is 5.61. The second-order valence-corrected chi connectivity index (χ2v) is 5.61. The van der Waals surface area contributed by atoms with Gasteiger partial charge < -0.3 is 4.42 Å². The minimum atomic E-state index is -0.0569. The minimum Gasteiger partial charge on any atom is -0.469 e. The molecule has 114 valence electrons. The number of rotatable bonds is 4. The Labute approximate surface area is 133 Å². The van der Waals surface area contributed by atoms with Crippen LogP contribution in [0.3, 0.4) is 0 Å². The summed E-state index contributed by atoms with van der Waals surface area (Å²) in [5.41, 5.74) is 1.97. The summed E-state index contributed by atoms with van der Waals surface area (Å²) in [5, 5.41) is 2.77. The Kier molecular flexibility index (Phi) is 3.38. The first-order valence-corrected chi connectivity index (χ1v) is 7.53. The maximum Gasteiger partial charge on any atom is 0.230 e. The van der Waals surface area contributed by atoms with Gasteiger partial charge in [0.1, 0.15) is 5.76 Å². The van der Waals surface area contributed by atoms with Crippen LogP contribution < -0.4 is 5.32 Å². The fraction of sp³-hybridized carbons (Fsp3) is 0.167. The molecule has 0 saturated heterocycles. The van der Waals surface area contributed by atoms with E-state index in [9.17, 15) is 4.79 Å². The molecular weight excluding hydrogens is 290 g/mol. The number of nitrogens with zero attached hydrogens (tertiary/aromatic N) is 2. The van der Waals surface area contributed by atoms with Gasteiger partial charge in [-0.05, 0) is 24.1 Å². The SMILES string of the molecule is O=C(Nc1ncc(-c2ccccc2)cn1)[C@@H]1C[C@H]1c1ccco1. The topological polar surface area (TPSA) is 68.0 Å². The van der Waals surface area contributed by atoms with Crippen molar-refractivity contribution in [3.8, 4) is 11.1 Å². The zero-order valence-corrected chi connectivity index (χ0v) is 12.3. The summed E-state index contributed by atoms with van der Waals surface area (Å²) in [4.78, 5) is 20.7. The van der Waals surface area contributed by atoms with E-state index in [-0.39, 0.29) is 17.7 Å². The maximum atomic E-state index is 12.2. The molecule has 5 nitrogen and oxygen atoms in total. The van der Waals surface area contributed by atoms with Crippen LogP contribution in [0.25, 0.3) is 11.1 Å². The fourth-order valence-electron chi connectivity index (χ4n) is 2.68. The number of hydrogen-bond acceptors (Lipinski definition) is 4. The molecule has 1 amide bonds. The Morgan fingerprint density at radius 3 is 2.52 bits per heavy atom. The molecule has 1 aliphatic carbocycles. The lowest BCUT2D eigenvalue weighted by molar-refractivity contribution is -0.117. The Morgan fingerprint density at radius 1 is 1.04 bits per heavy atom. The largest absolute Gasteiger partial charge is 0.469 e. The number of amides is 1. The Balaban J connectivity index is 1.41. The number of furan rings is 1. The predicted octanol–water partition coefficient (Wildman–Crippen LogP) is 3.48. The average molecular weight is 305 g/mol. The van der Waals surface area contributed by atoms with Crippen molar-refractivity contribution < 1.29 is 9.21 Å². The lowest BCUT2D eigenvalue weighted by atomic mass is 10.1. The van der Waals surface area contributed by atoms with E-state index in [2.05, 4.69) is 15.3 Å². The van der Waals surface area contributed by atoms with Crippen molar-refractivity contribution >= 4 is 11.9 Å². The Hall–Kier alpha value is -2.95. The first-order valence-electron chi connectivity index (χ1n) is 7.53. The Bertz CT molecular complexity index is 798. The molecule has 2 heterocycles. The van der Waals surface area contributed by atoms with Gasteiger partial charge in [0.05, 0.1) is 6.26 Å². The van der Waals surface area contributed by atoms with E-state index < -0.39 is 0 Å². The van der Waals surface area contributed by atoms with Crippen molar-refractivity contribution in [2.24, 2.45) is 5.92 Å². The molecular formula is C18H15N3O2. The third-order valence-corrected chi connectivity index (χ3v) is 4.03. The third kappa shape index (κ3) is 2.85. The summed E-state index contributed by atoms with van der Waals surface area (Å²) in [7, 11) is 0. The molecule has 1 aliphatic rings. The van der Waals surface area contributed by atoms with Crippen LogP contribution >= 0.6 is 0 Å². The van der Waals surface area contributed by atoms with Crippen LogP contribution in [-0.2, 0) is 4.79 Å². The lowest BCUT2D eigenvalue weighted by Gasteiger charge is -2.04. The molecule has 1 N–H and O–H groups in total. The van der Waals surface area contributed by atoms with E-state index in [0.717, 1.165) is 23.3 Å². The van der Waals surface area contributed by atoms with Gasteiger partial charge in [-0.25, -0.2) is 9.97 Å². The average Bonchev–Trinajstić information content (AvgIpc) is 3.22. The predicted molar refractivity (Wildman–Crippen MR) is 85.7 cm³/mol. The molecule has 5 heteroatoms. The Morgan fingerprint density at radius 2 is 1.83 bits per heavy atom. The number of benzene rings is 1. The van der Waals surface area contributed by atoms with Gasteiger partial charge in [-0.1, -0.05) is 30.3 Å². The minimum absolute atomic E-state index is 0.0566. The number of nitrogens with one attached hydrogen (secondary N) is 1. The van der Waals surface area contributed by atoms with E-state index >= 15 is 0 Å². The van der Waals surface area contributed by atoms with E-state index in [1.165, 1.54) is 0 Å². The van der Waals surface area contributed by atoms with E-state index in [1.807, 2.05) is 42.5 Å². The molecule has 1 fully saturated rings. The number of anilines is 1. The van der Waals surface area contributed by atoms with Gasteiger partial charge in [0.25, 0.3) is 0 Å². The smallest absolute Gasteiger partial charge is 0.230 e. The van der Waals surface area contributed by atoms with Crippen LogP contribution in [0.4, 0.5) is 5.95 Å². The molecule has 0 aliphatic heterocycles. The third-order valence-electron chi connectivity index (χ3n) is 4.03. The summed E-state index contributed by atoms with van der Waals surface area (Å²) in [6.45, 7) is 0. The van der Waals surface area contributed by atoms with Crippen LogP contribution in [0.15, 0.2) is 65.5 Å². The van der Waals surface area contributed by atoms with Gasteiger partial charge >= 0.3 is 0 Å². The fourth-order valence-corrected chi connectivity index (χ4v) is 2.68. The molecule has 3 aromatic rings. The normalized spacial score (nSPS) is 19.3. The number of hydrogen-bond donors (Lipinski definition) is 1. The van der Waals surface area contributed by atoms with Gasteiger partial charge in [-0.15, -0.1) is 0 Å². The zero-order chi connectivity index (χ0) is 15.6. The highest BCUT2D eigenvalue weighted by atomic mass is 16.3. The standard InChI is InChI=1S/C18H15N3O2/c22-17(15-9-14(15)16-7-4-8-23-16)21-18-19-10-13(11-20-18)12-5-2-1-3-6-12/h1-8,10-11,14-15H,9H2,(H,19,20,21,22)/t14-,15-/m1/s1. The molecule has 2 aromatic heterocycles. The van der Waals surface area contributed by atoms with Gasteiger partial charge in [0.2, 0.25) is 11.9 Å². The summed E-state index contributed by atoms with van der Waals surface area (Å²) in [5.74, 6) is 1.26. The van der Waals surface area contributed by atoms with E-state index in [1.54, 1.807) is 18.7 Å². The number of carbonyl (C=O) groups is 1. The molecule has 4 rings (SSSR count). The molecule has 0 unspecified atom stereocenters. The highest BCUT2D eigenvalue weighted by Gasteiger charge is 2.46. The summed E-state index contributed by atoms with van der Waals surface area (Å²) in [6.07, 6.45) is 5.87. The maximum absolute atomic E-state index is 12.2. The van der Waals surface area contributed by atoms with Crippen LogP contribution in [0.2, 0.25) is 0 Å².